The lowest BCUT2D eigenvalue weighted by atomic mass is 10.0. The molecule has 1 aromatic carbocycles. The minimum absolute atomic E-state index is 0.277. The minimum Gasteiger partial charge on any atom is -0.438 e. The molecule has 144 valence electrons. The summed E-state index contributed by atoms with van der Waals surface area (Å²) in [5, 5.41) is 3.74. The van der Waals surface area contributed by atoms with E-state index < -0.39 is 0 Å². The Morgan fingerprint density at radius 1 is 1.22 bits per heavy atom. The van der Waals surface area contributed by atoms with Crippen molar-refractivity contribution in [3.05, 3.63) is 40.7 Å². The molecule has 8 heteroatoms. The maximum atomic E-state index is 6.03. The van der Waals surface area contributed by atoms with Gasteiger partial charge in [-0.2, -0.15) is 0 Å². The molecule has 1 aliphatic rings. The van der Waals surface area contributed by atoms with Crippen LogP contribution in [0.2, 0.25) is 0 Å². The fourth-order valence-corrected chi connectivity index (χ4v) is 2.93. The molecule has 2 aromatic rings. The van der Waals surface area contributed by atoms with Crippen LogP contribution in [-0.4, -0.2) is 54.5 Å². The number of hydrogen-bond acceptors (Lipinski definition) is 8. The van der Waals surface area contributed by atoms with Gasteiger partial charge in [0.05, 0.1) is 19.4 Å². The summed E-state index contributed by atoms with van der Waals surface area (Å²) in [5.74, 6) is 1.34. The maximum Gasteiger partial charge on any atom is 0.233 e. The van der Waals surface area contributed by atoms with Gasteiger partial charge in [0, 0.05) is 19.6 Å². The minimum atomic E-state index is 0.277. The van der Waals surface area contributed by atoms with Crippen LogP contribution in [0.3, 0.4) is 0 Å². The van der Waals surface area contributed by atoms with Gasteiger partial charge < -0.3 is 20.0 Å². The van der Waals surface area contributed by atoms with Gasteiger partial charge in [0.2, 0.25) is 5.88 Å². The van der Waals surface area contributed by atoms with Crippen LogP contribution in [0.5, 0.6) is 11.6 Å². The van der Waals surface area contributed by atoms with Crippen molar-refractivity contribution < 1.29 is 14.3 Å². The van der Waals surface area contributed by atoms with Gasteiger partial charge in [-0.05, 0) is 36.6 Å². The van der Waals surface area contributed by atoms with Crippen molar-refractivity contribution in [1.82, 2.24) is 14.9 Å². The number of ether oxygens (including phenoxy) is 2. The molecule has 0 aliphatic carbocycles. The molecule has 0 radical (unpaired) electrons. The van der Waals surface area contributed by atoms with E-state index in [0.717, 1.165) is 49.7 Å². The molecule has 0 amide bonds. The Hall–Kier alpha value is -2.71. The molecule has 1 aromatic heterocycles. The van der Waals surface area contributed by atoms with E-state index in [1.165, 1.54) is 25.2 Å². The second-order valence-corrected chi connectivity index (χ2v) is 6.43. The molecule has 27 heavy (non-hydrogen) atoms. The van der Waals surface area contributed by atoms with Crippen molar-refractivity contribution in [3.63, 3.8) is 0 Å². The first-order chi connectivity index (χ1) is 13.1. The van der Waals surface area contributed by atoms with Crippen LogP contribution in [0, 0.1) is 13.8 Å². The lowest BCUT2D eigenvalue weighted by molar-refractivity contribution is 0.0341. The number of morpholine rings is 1. The van der Waals surface area contributed by atoms with Crippen molar-refractivity contribution in [1.29, 1.82) is 0 Å². The molecule has 0 saturated carbocycles. The van der Waals surface area contributed by atoms with Crippen LogP contribution in [0.15, 0.2) is 23.6 Å². The van der Waals surface area contributed by atoms with Gasteiger partial charge in [-0.1, -0.05) is 11.2 Å². The summed E-state index contributed by atoms with van der Waals surface area (Å²) in [6.07, 6.45) is 2.81. The van der Waals surface area contributed by atoms with Crippen molar-refractivity contribution in [3.8, 4) is 11.6 Å². The first-order valence-electron chi connectivity index (χ1n) is 8.83. The lowest BCUT2D eigenvalue weighted by Gasteiger charge is -2.27. The van der Waals surface area contributed by atoms with Crippen molar-refractivity contribution in [2.24, 2.45) is 5.16 Å². The van der Waals surface area contributed by atoms with E-state index in [1.807, 2.05) is 13.0 Å². The highest BCUT2D eigenvalue weighted by Crippen LogP contribution is 2.30. The third-order valence-corrected chi connectivity index (χ3v) is 4.50. The third kappa shape index (κ3) is 4.72. The van der Waals surface area contributed by atoms with E-state index >= 15 is 0 Å². The van der Waals surface area contributed by atoms with Crippen LogP contribution >= 0.6 is 0 Å². The number of nitrogens with zero attached hydrogens (tertiary/aromatic N) is 4. The second-order valence-electron chi connectivity index (χ2n) is 6.43. The quantitative estimate of drug-likeness (QED) is 0.615. The number of oxime groups is 1. The van der Waals surface area contributed by atoms with Gasteiger partial charge in [-0.25, -0.2) is 9.97 Å². The number of rotatable bonds is 6. The van der Waals surface area contributed by atoms with E-state index in [9.17, 15) is 0 Å². The second kappa shape index (κ2) is 8.79. The normalized spacial score (nSPS) is 15.2. The molecule has 1 fully saturated rings. The van der Waals surface area contributed by atoms with E-state index in [2.05, 4.69) is 33.0 Å². The zero-order valence-corrected chi connectivity index (χ0v) is 15.9. The summed E-state index contributed by atoms with van der Waals surface area (Å²) < 4.78 is 11.5. The fourth-order valence-electron chi connectivity index (χ4n) is 2.93. The standard InChI is InChI=1S/C19H25N5O3/c1-13-9-17(14(2)8-15(13)11-24-4-6-26-7-5-24)27-19-16(10-23-25-3)18(20)21-12-22-19/h8-10,12H,4-7,11H2,1-3H3,(H2,20,21,22)/b23-10+. The van der Waals surface area contributed by atoms with Crippen molar-refractivity contribution >= 4 is 12.0 Å². The molecule has 1 saturated heterocycles. The first kappa shape index (κ1) is 19.1. The smallest absolute Gasteiger partial charge is 0.233 e. The largest absolute Gasteiger partial charge is 0.438 e. The Balaban J connectivity index is 1.83. The number of aryl methyl sites for hydroxylation is 2. The van der Waals surface area contributed by atoms with Gasteiger partial charge in [0.25, 0.3) is 0 Å². The summed E-state index contributed by atoms with van der Waals surface area (Å²) in [4.78, 5) is 15.3. The Labute approximate surface area is 158 Å². The SMILES string of the molecule is CO/N=C/c1c(N)ncnc1Oc1cc(C)c(CN2CCOCC2)cc1C. The summed E-state index contributed by atoms with van der Waals surface area (Å²) in [6, 6.07) is 4.19. The van der Waals surface area contributed by atoms with Crippen molar-refractivity contribution in [2.75, 3.05) is 39.1 Å². The van der Waals surface area contributed by atoms with Crippen LogP contribution in [0.25, 0.3) is 0 Å². The number of nitrogen functional groups attached to an aromatic ring is 1. The van der Waals surface area contributed by atoms with Crippen LogP contribution < -0.4 is 10.5 Å². The molecular formula is C19H25N5O3. The highest BCUT2D eigenvalue weighted by molar-refractivity contribution is 5.88. The molecule has 0 spiro atoms. The molecule has 1 aliphatic heterocycles. The third-order valence-electron chi connectivity index (χ3n) is 4.50. The molecular weight excluding hydrogens is 346 g/mol. The Kier molecular flexibility index (Phi) is 6.20. The van der Waals surface area contributed by atoms with Gasteiger partial charge in [0.1, 0.15) is 30.6 Å². The van der Waals surface area contributed by atoms with Gasteiger partial charge in [-0.15, -0.1) is 0 Å². The molecule has 0 bridgehead atoms. The van der Waals surface area contributed by atoms with Gasteiger partial charge in [-0.3, -0.25) is 4.90 Å². The van der Waals surface area contributed by atoms with E-state index in [1.54, 1.807) is 0 Å². The van der Waals surface area contributed by atoms with Crippen LogP contribution in [0.4, 0.5) is 5.82 Å². The summed E-state index contributed by atoms with van der Waals surface area (Å²) in [6.45, 7) is 8.51. The average molecular weight is 371 g/mol. The lowest BCUT2D eigenvalue weighted by Crippen LogP contribution is -2.35. The molecule has 2 N–H and O–H groups in total. The van der Waals surface area contributed by atoms with Gasteiger partial charge in [0.15, 0.2) is 0 Å². The average Bonchev–Trinajstić information content (AvgIpc) is 2.66. The van der Waals surface area contributed by atoms with E-state index in [0.29, 0.717) is 11.4 Å². The molecule has 0 atom stereocenters. The Morgan fingerprint density at radius 2 is 2.00 bits per heavy atom. The molecule has 2 heterocycles. The summed E-state index contributed by atoms with van der Waals surface area (Å²) >= 11 is 0. The molecule has 8 nitrogen and oxygen atoms in total. The van der Waals surface area contributed by atoms with E-state index in [-0.39, 0.29) is 5.82 Å². The number of nitrogens with two attached hydrogens (primary N) is 1. The summed E-state index contributed by atoms with van der Waals surface area (Å²) in [7, 11) is 1.46. The predicted octanol–water partition coefficient (Wildman–Crippen LogP) is 2.28. The summed E-state index contributed by atoms with van der Waals surface area (Å²) in [5.41, 5.74) is 9.87. The fraction of sp³-hybridized carbons (Fsp3) is 0.421. The topological polar surface area (TPSA) is 95.1 Å². The van der Waals surface area contributed by atoms with Crippen LogP contribution in [-0.2, 0) is 16.1 Å². The van der Waals surface area contributed by atoms with Gasteiger partial charge >= 0.3 is 0 Å². The maximum absolute atomic E-state index is 6.03. The number of hydrogen-bond donors (Lipinski definition) is 1. The zero-order valence-electron chi connectivity index (χ0n) is 15.9. The highest BCUT2D eigenvalue weighted by atomic mass is 16.6. The zero-order chi connectivity index (χ0) is 19.2. The number of aromatic nitrogens is 2. The molecule has 0 unspecified atom stereocenters. The monoisotopic (exact) mass is 371 g/mol. The first-order valence-corrected chi connectivity index (χ1v) is 8.83. The highest BCUT2D eigenvalue weighted by Gasteiger charge is 2.15. The van der Waals surface area contributed by atoms with Crippen LogP contribution in [0.1, 0.15) is 22.3 Å². The Morgan fingerprint density at radius 3 is 2.74 bits per heavy atom. The number of benzene rings is 1. The van der Waals surface area contributed by atoms with E-state index in [4.69, 9.17) is 20.0 Å². The number of anilines is 1. The molecule has 3 rings (SSSR count). The predicted molar refractivity (Wildman–Crippen MR) is 103 cm³/mol. The Bertz CT molecular complexity index is 819. The van der Waals surface area contributed by atoms with Crippen molar-refractivity contribution in [2.45, 2.75) is 20.4 Å².